The fourth-order valence-electron chi connectivity index (χ4n) is 3.28. The monoisotopic (exact) mass is 428 g/mol. The van der Waals surface area contributed by atoms with Crippen molar-refractivity contribution in [2.24, 2.45) is 0 Å². The number of hydrogen-bond acceptors (Lipinski definition) is 5. The molecule has 4 rings (SSSR count). The Morgan fingerprint density at radius 3 is 2.72 bits per heavy atom. The molecular formula is C22H21ClN2O3S. The topological polar surface area (TPSA) is 51.7 Å². The maximum atomic E-state index is 12.5. The van der Waals surface area contributed by atoms with Crippen LogP contribution < -0.4 is 9.47 Å². The van der Waals surface area contributed by atoms with Crippen LogP contribution in [0.1, 0.15) is 28.9 Å². The highest BCUT2D eigenvalue weighted by molar-refractivity contribution is 7.13. The Morgan fingerprint density at radius 1 is 1.17 bits per heavy atom. The number of amides is 1. The SMILES string of the molecule is COc1cc(-c2nc(C(=O)N3CCCC3)cs2)ccc1OCc1ccccc1Cl. The molecule has 29 heavy (non-hydrogen) atoms. The van der Waals surface area contributed by atoms with Crippen molar-refractivity contribution >= 4 is 28.8 Å². The third-order valence-electron chi connectivity index (χ3n) is 4.87. The molecule has 1 amide bonds. The third-order valence-corrected chi connectivity index (χ3v) is 6.13. The number of benzene rings is 2. The van der Waals surface area contributed by atoms with Crippen molar-refractivity contribution in [3.63, 3.8) is 0 Å². The number of likely N-dealkylation sites (tertiary alicyclic amines) is 1. The predicted octanol–water partition coefficient (Wildman–Crippen LogP) is 5.29. The second-order valence-corrected chi connectivity index (χ2v) is 8.05. The number of carbonyl (C=O) groups is 1. The van der Waals surface area contributed by atoms with E-state index < -0.39 is 0 Å². The number of ether oxygens (including phenoxy) is 2. The van der Waals surface area contributed by atoms with Gasteiger partial charge in [0.05, 0.1) is 7.11 Å². The van der Waals surface area contributed by atoms with Crippen LogP contribution in [0.25, 0.3) is 10.6 Å². The first-order valence-corrected chi connectivity index (χ1v) is 10.7. The van der Waals surface area contributed by atoms with E-state index in [-0.39, 0.29) is 5.91 Å². The van der Waals surface area contributed by atoms with E-state index in [0.717, 1.165) is 42.1 Å². The standard InChI is InChI=1S/C22H21ClN2O3S/c1-27-20-12-15(8-9-19(20)28-13-16-6-2-3-7-17(16)23)21-24-18(14-29-21)22(26)25-10-4-5-11-25/h2-3,6-9,12,14H,4-5,10-11,13H2,1H3. The van der Waals surface area contributed by atoms with Crippen LogP contribution in [0.3, 0.4) is 0 Å². The summed E-state index contributed by atoms with van der Waals surface area (Å²) in [5.74, 6) is 1.25. The summed E-state index contributed by atoms with van der Waals surface area (Å²) in [7, 11) is 1.60. The lowest BCUT2D eigenvalue weighted by atomic mass is 10.2. The lowest BCUT2D eigenvalue weighted by Crippen LogP contribution is -2.27. The second-order valence-electron chi connectivity index (χ2n) is 6.78. The molecule has 1 saturated heterocycles. The number of carbonyl (C=O) groups excluding carboxylic acids is 1. The van der Waals surface area contributed by atoms with E-state index in [1.165, 1.54) is 11.3 Å². The zero-order chi connectivity index (χ0) is 20.2. The number of rotatable bonds is 6. The molecule has 3 aromatic rings. The van der Waals surface area contributed by atoms with E-state index in [2.05, 4.69) is 4.98 Å². The van der Waals surface area contributed by atoms with Crippen molar-refractivity contribution in [3.8, 4) is 22.1 Å². The van der Waals surface area contributed by atoms with Gasteiger partial charge in [0.25, 0.3) is 5.91 Å². The van der Waals surface area contributed by atoms with E-state index in [1.54, 1.807) is 7.11 Å². The number of hydrogen-bond donors (Lipinski definition) is 0. The van der Waals surface area contributed by atoms with Gasteiger partial charge in [-0.25, -0.2) is 4.98 Å². The van der Waals surface area contributed by atoms with E-state index in [1.807, 2.05) is 52.7 Å². The fourth-order valence-corrected chi connectivity index (χ4v) is 4.26. The summed E-state index contributed by atoms with van der Waals surface area (Å²) in [5, 5.41) is 3.27. The fraction of sp³-hybridized carbons (Fsp3) is 0.273. The average Bonchev–Trinajstić information content (AvgIpc) is 3.45. The van der Waals surface area contributed by atoms with E-state index in [9.17, 15) is 4.79 Å². The summed E-state index contributed by atoms with van der Waals surface area (Å²) < 4.78 is 11.4. The summed E-state index contributed by atoms with van der Waals surface area (Å²) in [4.78, 5) is 18.9. The van der Waals surface area contributed by atoms with Gasteiger partial charge in [-0.2, -0.15) is 0 Å². The molecule has 1 fully saturated rings. The molecular weight excluding hydrogens is 408 g/mol. The Balaban J connectivity index is 1.51. The predicted molar refractivity (Wildman–Crippen MR) is 115 cm³/mol. The van der Waals surface area contributed by atoms with Crippen LogP contribution in [0.5, 0.6) is 11.5 Å². The minimum absolute atomic E-state index is 0.0108. The highest BCUT2D eigenvalue weighted by atomic mass is 35.5. The number of halogens is 1. The van der Waals surface area contributed by atoms with E-state index in [0.29, 0.717) is 28.8 Å². The van der Waals surface area contributed by atoms with Crippen molar-refractivity contribution in [2.45, 2.75) is 19.4 Å². The minimum Gasteiger partial charge on any atom is -0.493 e. The lowest BCUT2D eigenvalue weighted by Gasteiger charge is -2.13. The molecule has 150 valence electrons. The summed E-state index contributed by atoms with van der Waals surface area (Å²) in [5.41, 5.74) is 2.30. The van der Waals surface area contributed by atoms with E-state index in [4.69, 9.17) is 21.1 Å². The molecule has 7 heteroatoms. The lowest BCUT2D eigenvalue weighted by molar-refractivity contribution is 0.0788. The van der Waals surface area contributed by atoms with Crippen LogP contribution >= 0.6 is 22.9 Å². The van der Waals surface area contributed by atoms with Gasteiger partial charge in [0, 0.05) is 34.6 Å². The molecule has 1 aliphatic heterocycles. The van der Waals surface area contributed by atoms with Gasteiger partial charge in [-0.3, -0.25) is 4.79 Å². The van der Waals surface area contributed by atoms with E-state index >= 15 is 0 Å². The third kappa shape index (κ3) is 4.38. The molecule has 0 radical (unpaired) electrons. The number of methoxy groups -OCH3 is 1. The zero-order valence-electron chi connectivity index (χ0n) is 16.1. The minimum atomic E-state index is 0.0108. The largest absolute Gasteiger partial charge is 0.493 e. The zero-order valence-corrected chi connectivity index (χ0v) is 17.6. The molecule has 1 aromatic heterocycles. The highest BCUT2D eigenvalue weighted by Gasteiger charge is 2.22. The van der Waals surface area contributed by atoms with Gasteiger partial charge in [0.15, 0.2) is 11.5 Å². The van der Waals surface area contributed by atoms with Crippen LogP contribution in [0.15, 0.2) is 47.8 Å². The van der Waals surface area contributed by atoms with Gasteiger partial charge in [0.2, 0.25) is 0 Å². The summed E-state index contributed by atoms with van der Waals surface area (Å²) in [6.45, 7) is 1.98. The molecule has 0 spiro atoms. The van der Waals surface area contributed by atoms with Crippen molar-refractivity contribution in [1.82, 2.24) is 9.88 Å². The summed E-state index contributed by atoms with van der Waals surface area (Å²) >= 11 is 7.65. The van der Waals surface area contributed by atoms with Gasteiger partial charge < -0.3 is 14.4 Å². The Kier molecular flexibility index (Phi) is 6.02. The van der Waals surface area contributed by atoms with Crippen LogP contribution in [0.2, 0.25) is 5.02 Å². The average molecular weight is 429 g/mol. The second kappa shape index (κ2) is 8.84. The van der Waals surface area contributed by atoms with Gasteiger partial charge in [-0.05, 0) is 37.1 Å². The smallest absolute Gasteiger partial charge is 0.273 e. The highest BCUT2D eigenvalue weighted by Crippen LogP contribution is 2.34. The molecule has 5 nitrogen and oxygen atoms in total. The number of nitrogens with zero attached hydrogens (tertiary/aromatic N) is 2. The van der Waals surface area contributed by atoms with Crippen molar-refractivity contribution in [1.29, 1.82) is 0 Å². The Labute approximate surface area is 178 Å². The van der Waals surface area contributed by atoms with Crippen LogP contribution in [0.4, 0.5) is 0 Å². The Bertz CT molecular complexity index is 1010. The first-order chi connectivity index (χ1) is 14.2. The maximum absolute atomic E-state index is 12.5. The van der Waals surface area contributed by atoms with Gasteiger partial charge in [-0.15, -0.1) is 11.3 Å². The molecule has 2 heterocycles. The quantitative estimate of drug-likeness (QED) is 0.535. The molecule has 0 bridgehead atoms. The molecule has 0 atom stereocenters. The summed E-state index contributed by atoms with van der Waals surface area (Å²) in [6.07, 6.45) is 2.13. The van der Waals surface area contributed by atoms with Crippen LogP contribution in [-0.2, 0) is 6.61 Å². The first kappa shape index (κ1) is 19.7. The van der Waals surface area contributed by atoms with Gasteiger partial charge in [-0.1, -0.05) is 29.8 Å². The molecule has 2 aromatic carbocycles. The number of thiazole rings is 1. The van der Waals surface area contributed by atoms with Crippen molar-refractivity contribution < 1.29 is 14.3 Å². The normalized spacial score (nSPS) is 13.5. The molecule has 0 N–H and O–H groups in total. The number of aromatic nitrogens is 1. The van der Waals surface area contributed by atoms with Crippen LogP contribution in [0, 0.1) is 0 Å². The molecule has 0 unspecified atom stereocenters. The summed E-state index contributed by atoms with van der Waals surface area (Å²) in [6, 6.07) is 13.2. The first-order valence-electron chi connectivity index (χ1n) is 9.45. The maximum Gasteiger partial charge on any atom is 0.273 e. The van der Waals surface area contributed by atoms with Crippen LogP contribution in [-0.4, -0.2) is 36.0 Å². The van der Waals surface area contributed by atoms with Crippen molar-refractivity contribution in [2.75, 3.05) is 20.2 Å². The molecule has 0 saturated carbocycles. The Morgan fingerprint density at radius 2 is 1.97 bits per heavy atom. The molecule has 0 aliphatic carbocycles. The molecule has 1 aliphatic rings. The van der Waals surface area contributed by atoms with Crippen molar-refractivity contribution in [3.05, 3.63) is 64.1 Å². The Hall–Kier alpha value is -2.57. The van der Waals surface area contributed by atoms with Gasteiger partial charge in [0.1, 0.15) is 17.3 Å². The van der Waals surface area contributed by atoms with Gasteiger partial charge >= 0.3 is 0 Å².